The van der Waals surface area contributed by atoms with Crippen LogP contribution < -0.4 is 10.1 Å². The van der Waals surface area contributed by atoms with Gasteiger partial charge in [-0.1, -0.05) is 17.3 Å². The highest BCUT2D eigenvalue weighted by Gasteiger charge is 2.17. The minimum atomic E-state index is -0.398. The Morgan fingerprint density at radius 1 is 1.43 bits per heavy atom. The monoisotopic (exact) mass is 309 g/mol. The number of halogens is 1. The third-order valence-electron chi connectivity index (χ3n) is 3.12. The summed E-state index contributed by atoms with van der Waals surface area (Å²) < 4.78 is 24.0. The van der Waals surface area contributed by atoms with Gasteiger partial charge in [0.15, 0.2) is 18.2 Å². The van der Waals surface area contributed by atoms with Gasteiger partial charge in [0, 0.05) is 30.5 Å². The van der Waals surface area contributed by atoms with Crippen LogP contribution in [0.5, 0.6) is 5.75 Å². The Morgan fingerprint density at radius 3 is 3.14 bits per heavy atom. The third-order valence-corrected chi connectivity index (χ3v) is 4.25. The molecule has 1 aliphatic heterocycles. The number of ether oxygens (including phenoxy) is 1. The number of hydrogen-bond acceptors (Lipinski definition) is 6. The van der Waals surface area contributed by atoms with E-state index >= 15 is 0 Å². The van der Waals surface area contributed by atoms with Crippen LogP contribution in [-0.2, 0) is 13.0 Å². The summed E-state index contributed by atoms with van der Waals surface area (Å²) in [6.45, 7) is 1.10. The first kappa shape index (κ1) is 14.3. The van der Waals surface area contributed by atoms with Gasteiger partial charge < -0.3 is 14.6 Å². The van der Waals surface area contributed by atoms with Crippen LogP contribution in [-0.4, -0.2) is 34.2 Å². The van der Waals surface area contributed by atoms with Crippen LogP contribution in [0.2, 0.25) is 0 Å². The highest BCUT2D eigenvalue weighted by Crippen LogP contribution is 2.17. The van der Waals surface area contributed by atoms with Crippen LogP contribution in [0, 0.1) is 5.82 Å². The molecule has 1 N–H and O–H groups in total. The number of aromatic nitrogens is 2. The van der Waals surface area contributed by atoms with Crippen LogP contribution in [0.4, 0.5) is 4.39 Å². The van der Waals surface area contributed by atoms with E-state index in [1.54, 1.807) is 18.2 Å². The maximum atomic E-state index is 13.4. The molecule has 7 heteroatoms. The maximum Gasteiger partial charge on any atom is 0.228 e. The fraction of sp³-hybridized carbons (Fsp3) is 0.429. The van der Waals surface area contributed by atoms with Crippen molar-refractivity contribution in [3.8, 4) is 5.75 Å². The molecule has 2 heterocycles. The van der Waals surface area contributed by atoms with E-state index in [-0.39, 0.29) is 12.4 Å². The van der Waals surface area contributed by atoms with Crippen molar-refractivity contribution in [1.82, 2.24) is 15.5 Å². The van der Waals surface area contributed by atoms with Gasteiger partial charge in [0.05, 0.1) is 0 Å². The Hall–Kier alpha value is -1.60. The first-order chi connectivity index (χ1) is 10.3. The van der Waals surface area contributed by atoms with Crippen molar-refractivity contribution in [1.29, 1.82) is 0 Å². The lowest BCUT2D eigenvalue weighted by Crippen LogP contribution is -2.38. The molecule has 112 valence electrons. The molecule has 0 aliphatic carbocycles. The van der Waals surface area contributed by atoms with Gasteiger partial charge in [-0.25, -0.2) is 4.39 Å². The van der Waals surface area contributed by atoms with Gasteiger partial charge in [0.1, 0.15) is 0 Å². The molecule has 21 heavy (non-hydrogen) atoms. The molecule has 0 radical (unpaired) electrons. The van der Waals surface area contributed by atoms with Gasteiger partial charge in [-0.05, 0) is 12.1 Å². The van der Waals surface area contributed by atoms with Crippen LogP contribution in [0.25, 0.3) is 0 Å². The molecule has 0 spiro atoms. The zero-order valence-corrected chi connectivity index (χ0v) is 12.2. The van der Waals surface area contributed by atoms with Crippen LogP contribution in [0.3, 0.4) is 0 Å². The largest absolute Gasteiger partial charge is 0.482 e. The lowest BCUT2D eigenvalue weighted by atomic mass is 10.2. The van der Waals surface area contributed by atoms with Gasteiger partial charge in [0.25, 0.3) is 0 Å². The van der Waals surface area contributed by atoms with Crippen LogP contribution in [0.15, 0.2) is 28.8 Å². The number of rotatable bonds is 5. The fourth-order valence-corrected chi connectivity index (χ4v) is 3.05. The highest BCUT2D eigenvalue weighted by atomic mass is 32.2. The maximum absolute atomic E-state index is 13.4. The first-order valence-electron chi connectivity index (χ1n) is 6.81. The van der Waals surface area contributed by atoms with Crippen molar-refractivity contribution >= 4 is 11.8 Å². The quantitative estimate of drug-likeness (QED) is 0.912. The molecule has 2 aromatic rings. The molecule has 0 amide bonds. The minimum Gasteiger partial charge on any atom is -0.482 e. The van der Waals surface area contributed by atoms with Crippen molar-refractivity contribution in [3.05, 3.63) is 41.8 Å². The molecule has 5 nitrogen and oxygen atoms in total. The zero-order valence-electron chi connectivity index (χ0n) is 11.4. The Bertz CT molecular complexity index is 587. The van der Waals surface area contributed by atoms with Crippen molar-refractivity contribution in [2.75, 3.05) is 18.1 Å². The molecule has 1 aromatic heterocycles. The van der Waals surface area contributed by atoms with Gasteiger partial charge in [0.2, 0.25) is 11.7 Å². The summed E-state index contributed by atoms with van der Waals surface area (Å²) in [5.41, 5.74) is 0. The Balaban J connectivity index is 1.54. The van der Waals surface area contributed by atoms with E-state index in [1.165, 1.54) is 6.07 Å². The summed E-state index contributed by atoms with van der Waals surface area (Å²) >= 11 is 1.92. The summed E-state index contributed by atoms with van der Waals surface area (Å²) in [5.74, 6) is 2.99. The third kappa shape index (κ3) is 3.95. The summed E-state index contributed by atoms with van der Waals surface area (Å²) in [6.07, 6.45) is 0.708. The number of para-hydroxylation sites is 1. The molecule has 0 bridgehead atoms. The van der Waals surface area contributed by atoms with Gasteiger partial charge in [-0.3, -0.25) is 0 Å². The summed E-state index contributed by atoms with van der Waals surface area (Å²) in [4.78, 5) is 4.27. The van der Waals surface area contributed by atoms with E-state index in [2.05, 4.69) is 15.5 Å². The number of hydrogen-bond donors (Lipinski definition) is 1. The molecular formula is C14H16FN3O2S. The second-order valence-corrected chi connectivity index (χ2v) is 5.90. The van der Waals surface area contributed by atoms with Crippen molar-refractivity contribution in [2.45, 2.75) is 19.1 Å². The van der Waals surface area contributed by atoms with Gasteiger partial charge in [-0.2, -0.15) is 16.7 Å². The Labute approximate surface area is 126 Å². The average molecular weight is 309 g/mol. The SMILES string of the molecule is Fc1ccccc1OCc1noc(CC2CSCCN2)n1. The van der Waals surface area contributed by atoms with Gasteiger partial charge in [-0.15, -0.1) is 0 Å². The number of nitrogens with zero attached hydrogens (tertiary/aromatic N) is 2. The van der Waals surface area contributed by atoms with E-state index in [0.717, 1.165) is 18.1 Å². The summed E-state index contributed by atoms with van der Waals surface area (Å²) in [6, 6.07) is 6.61. The lowest BCUT2D eigenvalue weighted by molar-refractivity contribution is 0.272. The second kappa shape index (κ2) is 6.91. The number of nitrogens with one attached hydrogen (secondary N) is 1. The Morgan fingerprint density at radius 2 is 2.33 bits per heavy atom. The fourth-order valence-electron chi connectivity index (χ4n) is 2.10. The smallest absolute Gasteiger partial charge is 0.228 e. The predicted molar refractivity (Wildman–Crippen MR) is 77.8 cm³/mol. The first-order valence-corrected chi connectivity index (χ1v) is 7.96. The summed E-state index contributed by atoms with van der Waals surface area (Å²) in [7, 11) is 0. The van der Waals surface area contributed by atoms with Crippen LogP contribution >= 0.6 is 11.8 Å². The van der Waals surface area contributed by atoms with Gasteiger partial charge >= 0.3 is 0 Å². The molecular weight excluding hydrogens is 293 g/mol. The van der Waals surface area contributed by atoms with E-state index in [0.29, 0.717) is 24.2 Å². The zero-order chi connectivity index (χ0) is 14.5. The lowest BCUT2D eigenvalue weighted by Gasteiger charge is -2.21. The van der Waals surface area contributed by atoms with Crippen LogP contribution in [0.1, 0.15) is 11.7 Å². The molecule has 1 fully saturated rings. The van der Waals surface area contributed by atoms with E-state index in [4.69, 9.17) is 9.26 Å². The minimum absolute atomic E-state index is 0.0945. The normalized spacial score (nSPS) is 18.6. The van der Waals surface area contributed by atoms with E-state index in [9.17, 15) is 4.39 Å². The standard InChI is InChI=1S/C14H16FN3O2S/c15-11-3-1-2-4-12(11)19-8-13-17-14(20-18-13)7-10-9-21-6-5-16-10/h1-4,10,16H,5-9H2. The molecule has 1 saturated heterocycles. The highest BCUT2D eigenvalue weighted by molar-refractivity contribution is 7.99. The molecule has 1 aromatic carbocycles. The predicted octanol–water partition coefficient (Wildman–Crippen LogP) is 2.04. The van der Waals surface area contributed by atoms with E-state index in [1.807, 2.05) is 11.8 Å². The number of thioether (sulfide) groups is 1. The second-order valence-electron chi connectivity index (χ2n) is 4.75. The molecule has 1 aliphatic rings. The number of benzene rings is 1. The molecule has 1 unspecified atom stereocenters. The topological polar surface area (TPSA) is 60.2 Å². The van der Waals surface area contributed by atoms with Crippen molar-refractivity contribution in [3.63, 3.8) is 0 Å². The van der Waals surface area contributed by atoms with Crippen molar-refractivity contribution in [2.24, 2.45) is 0 Å². The molecule has 1 atom stereocenters. The Kier molecular flexibility index (Phi) is 4.72. The molecule has 3 rings (SSSR count). The summed E-state index contributed by atoms with van der Waals surface area (Å²) in [5, 5.41) is 7.27. The molecule has 0 saturated carbocycles. The average Bonchev–Trinajstić information content (AvgIpc) is 2.95. The van der Waals surface area contributed by atoms with E-state index < -0.39 is 5.82 Å². The van der Waals surface area contributed by atoms with Crippen molar-refractivity contribution < 1.29 is 13.7 Å².